The lowest BCUT2D eigenvalue weighted by Gasteiger charge is -2.17. The lowest BCUT2D eigenvalue weighted by molar-refractivity contribution is 0.141. The molecule has 1 rings (SSSR count). The van der Waals surface area contributed by atoms with Crippen LogP contribution in [-0.2, 0) is 4.74 Å². The average molecular weight is 253 g/mol. The molecule has 0 amide bonds. The molecule has 0 saturated heterocycles. The van der Waals surface area contributed by atoms with Gasteiger partial charge in [0.1, 0.15) is 0 Å². The first-order chi connectivity index (χ1) is 8.71. The zero-order valence-electron chi connectivity index (χ0n) is 11.7. The maximum absolute atomic E-state index is 5.54. The zero-order valence-corrected chi connectivity index (χ0v) is 11.7. The first-order valence-corrected chi connectivity index (χ1v) is 6.36. The van der Waals surface area contributed by atoms with Crippen LogP contribution in [0.3, 0.4) is 0 Å². The molecule has 0 heterocycles. The lowest BCUT2D eigenvalue weighted by Crippen LogP contribution is -2.21. The van der Waals surface area contributed by atoms with Gasteiger partial charge in [-0.05, 0) is 32.9 Å². The van der Waals surface area contributed by atoms with Gasteiger partial charge in [-0.15, -0.1) is 0 Å². The Morgan fingerprint density at radius 2 is 1.94 bits per heavy atom. The smallest absolute Gasteiger partial charge is 0.163 e. The maximum Gasteiger partial charge on any atom is 0.163 e. The number of anilines is 1. The third kappa shape index (κ3) is 4.45. The van der Waals surface area contributed by atoms with Crippen LogP contribution in [0.1, 0.15) is 20.8 Å². The Labute approximate surface area is 109 Å². The zero-order chi connectivity index (χ0) is 13.4. The molecule has 1 aromatic carbocycles. The van der Waals surface area contributed by atoms with Gasteiger partial charge >= 0.3 is 0 Å². The standard InChI is InChI=1S/C14H23NO3/c1-5-17-10-11(3)15-12-7-8-13(16-4)14(9-12)18-6-2/h7-9,11,15H,5-6,10H2,1-4H3. The highest BCUT2D eigenvalue weighted by atomic mass is 16.5. The van der Waals surface area contributed by atoms with Gasteiger partial charge in [0.2, 0.25) is 0 Å². The van der Waals surface area contributed by atoms with Crippen LogP contribution in [0.15, 0.2) is 18.2 Å². The summed E-state index contributed by atoms with van der Waals surface area (Å²) in [4.78, 5) is 0. The molecule has 1 atom stereocenters. The molecule has 0 spiro atoms. The van der Waals surface area contributed by atoms with Crippen molar-refractivity contribution in [3.05, 3.63) is 18.2 Å². The van der Waals surface area contributed by atoms with Gasteiger partial charge in [0.15, 0.2) is 11.5 Å². The topological polar surface area (TPSA) is 39.7 Å². The summed E-state index contributed by atoms with van der Waals surface area (Å²) in [7, 11) is 1.64. The van der Waals surface area contributed by atoms with E-state index in [1.165, 1.54) is 0 Å². The molecule has 0 aromatic heterocycles. The molecular formula is C14H23NO3. The number of nitrogens with one attached hydrogen (secondary N) is 1. The highest BCUT2D eigenvalue weighted by Crippen LogP contribution is 2.30. The van der Waals surface area contributed by atoms with Crippen LogP contribution < -0.4 is 14.8 Å². The largest absolute Gasteiger partial charge is 0.493 e. The second-order valence-corrected chi connectivity index (χ2v) is 4.00. The number of hydrogen-bond acceptors (Lipinski definition) is 4. The maximum atomic E-state index is 5.54. The molecule has 0 fully saturated rings. The molecule has 4 nitrogen and oxygen atoms in total. The van der Waals surface area contributed by atoms with E-state index in [-0.39, 0.29) is 6.04 Å². The van der Waals surface area contributed by atoms with Crippen LogP contribution in [0.25, 0.3) is 0 Å². The lowest BCUT2D eigenvalue weighted by atomic mass is 10.2. The monoisotopic (exact) mass is 253 g/mol. The van der Waals surface area contributed by atoms with Crippen LogP contribution in [0.4, 0.5) is 5.69 Å². The molecule has 0 aliphatic rings. The minimum absolute atomic E-state index is 0.257. The van der Waals surface area contributed by atoms with Gasteiger partial charge in [-0.1, -0.05) is 0 Å². The van der Waals surface area contributed by atoms with Crippen molar-refractivity contribution in [2.75, 3.05) is 32.2 Å². The summed E-state index contributed by atoms with van der Waals surface area (Å²) in [6.07, 6.45) is 0. The van der Waals surface area contributed by atoms with E-state index in [0.29, 0.717) is 13.2 Å². The van der Waals surface area contributed by atoms with Crippen molar-refractivity contribution in [1.82, 2.24) is 0 Å². The molecule has 0 saturated carbocycles. The molecule has 0 aliphatic carbocycles. The van der Waals surface area contributed by atoms with E-state index in [0.717, 1.165) is 23.8 Å². The van der Waals surface area contributed by atoms with Crippen molar-refractivity contribution in [3.63, 3.8) is 0 Å². The quantitative estimate of drug-likeness (QED) is 0.773. The van der Waals surface area contributed by atoms with E-state index >= 15 is 0 Å². The molecule has 1 unspecified atom stereocenters. The Balaban J connectivity index is 2.68. The number of ether oxygens (including phenoxy) is 3. The van der Waals surface area contributed by atoms with Gasteiger partial charge in [-0.25, -0.2) is 0 Å². The normalized spacial score (nSPS) is 12.0. The average Bonchev–Trinajstić information content (AvgIpc) is 2.37. The molecule has 0 bridgehead atoms. The summed E-state index contributed by atoms with van der Waals surface area (Å²) in [5.74, 6) is 1.51. The Morgan fingerprint density at radius 1 is 1.17 bits per heavy atom. The molecule has 0 radical (unpaired) electrons. The molecule has 0 aliphatic heterocycles. The van der Waals surface area contributed by atoms with Crippen molar-refractivity contribution in [3.8, 4) is 11.5 Å². The van der Waals surface area contributed by atoms with E-state index in [9.17, 15) is 0 Å². The van der Waals surface area contributed by atoms with Crippen molar-refractivity contribution in [2.24, 2.45) is 0 Å². The minimum atomic E-state index is 0.257. The molecule has 4 heteroatoms. The summed E-state index contributed by atoms with van der Waals surface area (Å²) >= 11 is 0. The van der Waals surface area contributed by atoms with Crippen molar-refractivity contribution >= 4 is 5.69 Å². The summed E-state index contributed by atoms with van der Waals surface area (Å²) < 4.78 is 16.2. The van der Waals surface area contributed by atoms with Gasteiger partial charge in [0.05, 0.1) is 20.3 Å². The van der Waals surface area contributed by atoms with Crippen molar-refractivity contribution in [2.45, 2.75) is 26.8 Å². The fourth-order valence-electron chi connectivity index (χ4n) is 1.66. The van der Waals surface area contributed by atoms with E-state index in [2.05, 4.69) is 12.2 Å². The second kappa shape index (κ2) is 7.82. The number of hydrogen-bond donors (Lipinski definition) is 1. The highest BCUT2D eigenvalue weighted by molar-refractivity contribution is 5.55. The third-order valence-corrected chi connectivity index (χ3v) is 2.45. The summed E-state index contributed by atoms with van der Waals surface area (Å²) in [5, 5.41) is 3.37. The number of benzene rings is 1. The van der Waals surface area contributed by atoms with E-state index in [1.54, 1.807) is 7.11 Å². The van der Waals surface area contributed by atoms with E-state index < -0.39 is 0 Å². The summed E-state index contributed by atoms with van der Waals surface area (Å²) in [5.41, 5.74) is 1.01. The molecule has 1 N–H and O–H groups in total. The predicted octanol–water partition coefficient (Wildman–Crippen LogP) is 2.93. The van der Waals surface area contributed by atoms with Gasteiger partial charge < -0.3 is 19.5 Å². The van der Waals surface area contributed by atoms with Gasteiger partial charge in [-0.2, -0.15) is 0 Å². The van der Waals surface area contributed by atoms with Crippen molar-refractivity contribution in [1.29, 1.82) is 0 Å². The van der Waals surface area contributed by atoms with Crippen LogP contribution in [-0.4, -0.2) is 33.0 Å². The number of rotatable bonds is 8. The molecule has 18 heavy (non-hydrogen) atoms. The molecular weight excluding hydrogens is 230 g/mol. The van der Waals surface area contributed by atoms with Crippen LogP contribution >= 0.6 is 0 Å². The summed E-state index contributed by atoms with van der Waals surface area (Å²) in [6.45, 7) is 8.07. The van der Waals surface area contributed by atoms with Gasteiger partial charge in [0.25, 0.3) is 0 Å². The Morgan fingerprint density at radius 3 is 2.56 bits per heavy atom. The fraction of sp³-hybridized carbons (Fsp3) is 0.571. The Hall–Kier alpha value is -1.42. The van der Waals surface area contributed by atoms with Crippen LogP contribution in [0, 0.1) is 0 Å². The number of methoxy groups -OCH3 is 1. The molecule has 102 valence electrons. The second-order valence-electron chi connectivity index (χ2n) is 4.00. The third-order valence-electron chi connectivity index (χ3n) is 2.45. The SMILES string of the molecule is CCOCC(C)Nc1ccc(OC)c(OCC)c1. The minimum Gasteiger partial charge on any atom is -0.493 e. The van der Waals surface area contributed by atoms with Crippen molar-refractivity contribution < 1.29 is 14.2 Å². The molecule has 1 aromatic rings. The first kappa shape index (κ1) is 14.6. The highest BCUT2D eigenvalue weighted by Gasteiger charge is 2.07. The predicted molar refractivity (Wildman–Crippen MR) is 73.7 cm³/mol. The van der Waals surface area contributed by atoms with Gasteiger partial charge in [0, 0.05) is 24.4 Å². The Kier molecular flexibility index (Phi) is 6.36. The van der Waals surface area contributed by atoms with Crippen LogP contribution in [0.2, 0.25) is 0 Å². The van der Waals surface area contributed by atoms with E-state index in [4.69, 9.17) is 14.2 Å². The first-order valence-electron chi connectivity index (χ1n) is 6.36. The van der Waals surface area contributed by atoms with Crippen LogP contribution in [0.5, 0.6) is 11.5 Å². The fourth-order valence-corrected chi connectivity index (χ4v) is 1.66. The summed E-state index contributed by atoms with van der Waals surface area (Å²) in [6, 6.07) is 6.09. The Bertz CT molecular complexity index is 355. The van der Waals surface area contributed by atoms with Gasteiger partial charge in [-0.3, -0.25) is 0 Å². The van der Waals surface area contributed by atoms with E-state index in [1.807, 2.05) is 32.0 Å².